The van der Waals surface area contributed by atoms with Gasteiger partial charge in [0.05, 0.1) is 4.83 Å². The molecule has 0 aromatic heterocycles. The van der Waals surface area contributed by atoms with Crippen LogP contribution in [0.4, 0.5) is 0 Å². The molecule has 17 heavy (non-hydrogen) atoms. The zero-order valence-corrected chi connectivity index (χ0v) is 13.1. The van der Waals surface area contributed by atoms with Crippen LogP contribution in [-0.4, -0.2) is 28.9 Å². The molecule has 1 fully saturated rings. The Morgan fingerprint density at radius 2 is 1.88 bits per heavy atom. The molecule has 2 aliphatic heterocycles. The monoisotopic (exact) mass is 357 g/mol. The van der Waals surface area contributed by atoms with Gasteiger partial charge in [0, 0.05) is 12.1 Å². The number of nitrogens with zero attached hydrogens (tertiary/aromatic N) is 1. The SMILES string of the molecule is Br.CN1C2C=C(c3ccccc3)C(Br)C1CC2. The van der Waals surface area contributed by atoms with E-state index in [0.29, 0.717) is 16.9 Å². The second-order valence-corrected chi connectivity index (χ2v) is 5.75. The summed E-state index contributed by atoms with van der Waals surface area (Å²) in [6, 6.07) is 12.1. The van der Waals surface area contributed by atoms with Crippen molar-refractivity contribution in [3.05, 3.63) is 42.0 Å². The van der Waals surface area contributed by atoms with Crippen molar-refractivity contribution in [1.29, 1.82) is 0 Å². The molecule has 1 aromatic rings. The van der Waals surface area contributed by atoms with Crippen LogP contribution < -0.4 is 0 Å². The fourth-order valence-electron chi connectivity index (χ4n) is 2.94. The Morgan fingerprint density at radius 3 is 2.59 bits per heavy atom. The van der Waals surface area contributed by atoms with Crippen molar-refractivity contribution in [2.75, 3.05) is 7.05 Å². The molecule has 2 heterocycles. The van der Waals surface area contributed by atoms with E-state index >= 15 is 0 Å². The zero-order valence-electron chi connectivity index (χ0n) is 9.84. The fourth-order valence-corrected chi connectivity index (χ4v) is 4.00. The second kappa shape index (κ2) is 5.25. The number of likely N-dealkylation sites (N-methyl/N-ethyl adjacent to an activating group) is 1. The van der Waals surface area contributed by atoms with Crippen LogP contribution in [0.5, 0.6) is 0 Å². The normalized spacial score (nSPS) is 31.9. The van der Waals surface area contributed by atoms with Gasteiger partial charge in [0.25, 0.3) is 0 Å². The summed E-state index contributed by atoms with van der Waals surface area (Å²) in [4.78, 5) is 2.99. The van der Waals surface area contributed by atoms with Gasteiger partial charge < -0.3 is 0 Å². The topological polar surface area (TPSA) is 3.24 Å². The number of benzene rings is 1. The first-order chi connectivity index (χ1) is 7.77. The maximum Gasteiger partial charge on any atom is 0.0554 e. The highest BCUT2D eigenvalue weighted by Gasteiger charge is 2.39. The van der Waals surface area contributed by atoms with Gasteiger partial charge in [-0.05, 0) is 31.0 Å². The van der Waals surface area contributed by atoms with Gasteiger partial charge in [-0.25, -0.2) is 0 Å². The van der Waals surface area contributed by atoms with Crippen LogP contribution in [0.25, 0.3) is 5.57 Å². The highest BCUT2D eigenvalue weighted by atomic mass is 79.9. The molecule has 3 atom stereocenters. The van der Waals surface area contributed by atoms with Crippen LogP contribution in [0, 0.1) is 0 Å². The molecular formula is C14H17Br2N. The Kier molecular flexibility index (Phi) is 4.11. The van der Waals surface area contributed by atoms with E-state index in [1.165, 1.54) is 24.0 Å². The number of hydrogen-bond donors (Lipinski definition) is 0. The van der Waals surface area contributed by atoms with Crippen LogP contribution in [-0.2, 0) is 0 Å². The van der Waals surface area contributed by atoms with Crippen LogP contribution in [0.15, 0.2) is 36.4 Å². The van der Waals surface area contributed by atoms with E-state index < -0.39 is 0 Å². The quantitative estimate of drug-likeness (QED) is 0.688. The summed E-state index contributed by atoms with van der Waals surface area (Å²) in [7, 11) is 2.24. The Morgan fingerprint density at radius 1 is 1.18 bits per heavy atom. The van der Waals surface area contributed by atoms with E-state index in [4.69, 9.17) is 0 Å². The van der Waals surface area contributed by atoms with E-state index in [9.17, 15) is 0 Å². The molecule has 2 aliphatic rings. The standard InChI is InChI=1S/C14H16BrN.BrH/c1-16-11-7-8-13(16)14(15)12(9-11)10-5-3-2-4-6-10;/h2-6,9,11,13-14H,7-8H2,1H3;1H. The number of rotatable bonds is 1. The van der Waals surface area contributed by atoms with Crippen LogP contribution >= 0.6 is 32.9 Å². The molecule has 3 rings (SSSR count). The summed E-state index contributed by atoms with van der Waals surface area (Å²) >= 11 is 3.88. The lowest BCUT2D eigenvalue weighted by atomic mass is 9.95. The van der Waals surface area contributed by atoms with Crippen LogP contribution in [0.3, 0.4) is 0 Å². The Hall–Kier alpha value is -0.120. The summed E-state index contributed by atoms with van der Waals surface area (Å²) in [5.41, 5.74) is 2.85. The highest BCUT2D eigenvalue weighted by Crippen LogP contribution is 2.41. The summed E-state index contributed by atoms with van der Waals surface area (Å²) in [6.07, 6.45) is 5.06. The Balaban J connectivity index is 0.00000108. The van der Waals surface area contributed by atoms with Gasteiger partial charge in [0.2, 0.25) is 0 Å². The van der Waals surface area contributed by atoms with Gasteiger partial charge in [-0.15, -0.1) is 17.0 Å². The molecule has 0 aliphatic carbocycles. The van der Waals surface area contributed by atoms with Gasteiger partial charge in [-0.3, -0.25) is 4.90 Å². The van der Waals surface area contributed by atoms with Gasteiger partial charge >= 0.3 is 0 Å². The average molecular weight is 359 g/mol. The molecule has 3 unspecified atom stereocenters. The minimum absolute atomic E-state index is 0. The molecule has 0 saturated carbocycles. The fraction of sp³-hybridized carbons (Fsp3) is 0.429. The predicted molar refractivity (Wildman–Crippen MR) is 82.0 cm³/mol. The van der Waals surface area contributed by atoms with Gasteiger partial charge in [-0.2, -0.15) is 0 Å². The molecule has 1 aromatic carbocycles. The van der Waals surface area contributed by atoms with Crippen molar-refractivity contribution in [3.8, 4) is 0 Å². The third kappa shape index (κ3) is 2.25. The maximum absolute atomic E-state index is 3.88. The average Bonchev–Trinajstić information content (AvgIpc) is 2.57. The number of hydrogen-bond acceptors (Lipinski definition) is 1. The van der Waals surface area contributed by atoms with Crippen molar-refractivity contribution in [2.45, 2.75) is 29.8 Å². The molecule has 0 amide bonds. The molecule has 1 nitrogen and oxygen atoms in total. The zero-order chi connectivity index (χ0) is 11.1. The number of fused-ring (bicyclic) bond motifs is 2. The first-order valence-electron chi connectivity index (χ1n) is 5.90. The molecule has 0 spiro atoms. The van der Waals surface area contributed by atoms with E-state index in [2.05, 4.69) is 64.3 Å². The third-order valence-corrected chi connectivity index (χ3v) is 5.02. The van der Waals surface area contributed by atoms with Crippen molar-refractivity contribution in [1.82, 2.24) is 4.90 Å². The van der Waals surface area contributed by atoms with Crippen LogP contribution in [0.1, 0.15) is 18.4 Å². The van der Waals surface area contributed by atoms with Crippen molar-refractivity contribution >= 4 is 38.5 Å². The van der Waals surface area contributed by atoms with Gasteiger partial charge in [-0.1, -0.05) is 52.3 Å². The van der Waals surface area contributed by atoms with Crippen molar-refractivity contribution in [3.63, 3.8) is 0 Å². The highest BCUT2D eigenvalue weighted by molar-refractivity contribution is 9.09. The third-order valence-electron chi connectivity index (χ3n) is 3.92. The molecule has 0 N–H and O–H groups in total. The lowest BCUT2D eigenvalue weighted by Crippen LogP contribution is -2.41. The second-order valence-electron chi connectivity index (χ2n) is 4.77. The first kappa shape index (κ1) is 13.3. The Labute approximate surface area is 122 Å². The van der Waals surface area contributed by atoms with Crippen LogP contribution in [0.2, 0.25) is 0 Å². The summed E-state index contributed by atoms with van der Waals surface area (Å²) < 4.78 is 0. The number of alkyl halides is 1. The van der Waals surface area contributed by atoms with E-state index in [1.807, 2.05) is 0 Å². The molecule has 92 valence electrons. The minimum atomic E-state index is 0. The molecule has 2 bridgehead atoms. The van der Waals surface area contributed by atoms with E-state index in [0.717, 1.165) is 0 Å². The predicted octanol–water partition coefficient (Wildman–Crippen LogP) is 3.89. The smallest absolute Gasteiger partial charge is 0.0554 e. The molecule has 1 saturated heterocycles. The number of halogens is 2. The largest absolute Gasteiger partial charge is 0.296 e. The summed E-state index contributed by atoms with van der Waals surface area (Å²) in [5.74, 6) is 0. The first-order valence-corrected chi connectivity index (χ1v) is 6.82. The van der Waals surface area contributed by atoms with Gasteiger partial charge in [0.15, 0.2) is 0 Å². The maximum atomic E-state index is 3.88. The lowest BCUT2D eigenvalue weighted by Gasteiger charge is -2.34. The minimum Gasteiger partial charge on any atom is -0.296 e. The molecule has 3 heteroatoms. The van der Waals surface area contributed by atoms with E-state index in [1.54, 1.807) is 0 Å². The molecular weight excluding hydrogens is 342 g/mol. The van der Waals surface area contributed by atoms with E-state index in [-0.39, 0.29) is 17.0 Å². The summed E-state index contributed by atoms with van der Waals surface area (Å²) in [5, 5.41) is 0. The molecule has 0 radical (unpaired) electrons. The Bertz CT molecular complexity index is 415. The van der Waals surface area contributed by atoms with Crippen molar-refractivity contribution in [2.24, 2.45) is 0 Å². The lowest BCUT2D eigenvalue weighted by molar-refractivity contribution is 0.270. The van der Waals surface area contributed by atoms with Crippen molar-refractivity contribution < 1.29 is 0 Å². The van der Waals surface area contributed by atoms with Gasteiger partial charge in [0.1, 0.15) is 0 Å². The summed E-state index contributed by atoms with van der Waals surface area (Å²) in [6.45, 7) is 0.